The van der Waals surface area contributed by atoms with Gasteiger partial charge in [0.1, 0.15) is 0 Å². The van der Waals surface area contributed by atoms with Gasteiger partial charge in [-0.3, -0.25) is 4.79 Å². The molecule has 1 amide bonds. The number of nitrogens with one attached hydrogen (secondary N) is 2. The van der Waals surface area contributed by atoms with Crippen molar-refractivity contribution in [3.63, 3.8) is 0 Å². The summed E-state index contributed by atoms with van der Waals surface area (Å²) in [7, 11) is 0. The van der Waals surface area contributed by atoms with E-state index in [4.69, 9.17) is 0 Å². The Bertz CT molecular complexity index is 328. The first-order valence-electron chi connectivity index (χ1n) is 4.99. The minimum atomic E-state index is 0.0209. The summed E-state index contributed by atoms with van der Waals surface area (Å²) in [6, 6.07) is 7.73. The lowest BCUT2D eigenvalue weighted by Crippen LogP contribution is -2.30. The summed E-state index contributed by atoms with van der Waals surface area (Å²) in [4.78, 5) is 11.3. The van der Waals surface area contributed by atoms with Crippen molar-refractivity contribution in [3.05, 3.63) is 28.7 Å². The number of carbonyl (C=O) groups excluding carboxylic acids is 1. The molecule has 4 heteroatoms. The Kier molecular flexibility index (Phi) is 5.18. The third-order valence-corrected chi connectivity index (χ3v) is 2.58. The molecule has 0 aromatic heterocycles. The largest absolute Gasteiger partial charge is 0.375 e. The lowest BCUT2D eigenvalue weighted by molar-refractivity contribution is -0.119. The Morgan fingerprint density at radius 3 is 2.80 bits per heavy atom. The van der Waals surface area contributed by atoms with Gasteiger partial charge in [-0.2, -0.15) is 0 Å². The number of para-hydroxylation sites is 1. The molecule has 0 saturated heterocycles. The minimum absolute atomic E-state index is 0.0209. The highest BCUT2D eigenvalue weighted by Gasteiger charge is 2.01. The predicted molar refractivity (Wildman–Crippen MR) is 65.9 cm³/mol. The number of hydrogen-bond acceptors (Lipinski definition) is 2. The maximum Gasteiger partial charge on any atom is 0.239 e. The van der Waals surface area contributed by atoms with Crippen LogP contribution in [0.25, 0.3) is 0 Å². The lowest BCUT2D eigenvalue weighted by Gasteiger charge is -2.08. The Hall–Kier alpha value is -1.03. The van der Waals surface area contributed by atoms with Crippen molar-refractivity contribution < 1.29 is 4.79 Å². The molecule has 2 N–H and O–H groups in total. The zero-order valence-electron chi connectivity index (χ0n) is 8.72. The first kappa shape index (κ1) is 12.0. The van der Waals surface area contributed by atoms with Crippen LogP contribution in [0.3, 0.4) is 0 Å². The van der Waals surface area contributed by atoms with Crippen molar-refractivity contribution in [1.29, 1.82) is 0 Å². The second kappa shape index (κ2) is 6.45. The van der Waals surface area contributed by atoms with Crippen molar-refractivity contribution in [2.45, 2.75) is 13.3 Å². The van der Waals surface area contributed by atoms with E-state index in [-0.39, 0.29) is 5.91 Å². The summed E-state index contributed by atoms with van der Waals surface area (Å²) in [6.07, 6.45) is 0.959. The number of benzene rings is 1. The molecule has 0 aliphatic carbocycles. The molecular formula is C11H15BrN2O. The van der Waals surface area contributed by atoms with Gasteiger partial charge in [0.25, 0.3) is 0 Å². The molecule has 0 spiro atoms. The van der Waals surface area contributed by atoms with E-state index in [1.165, 1.54) is 0 Å². The van der Waals surface area contributed by atoms with Crippen LogP contribution in [-0.4, -0.2) is 19.0 Å². The van der Waals surface area contributed by atoms with Gasteiger partial charge in [0.15, 0.2) is 0 Å². The van der Waals surface area contributed by atoms with Crippen LogP contribution < -0.4 is 10.6 Å². The van der Waals surface area contributed by atoms with Gasteiger partial charge >= 0.3 is 0 Å². The summed E-state index contributed by atoms with van der Waals surface area (Å²) >= 11 is 3.40. The minimum Gasteiger partial charge on any atom is -0.375 e. The van der Waals surface area contributed by atoms with Gasteiger partial charge in [-0.25, -0.2) is 0 Å². The molecule has 1 rings (SSSR count). The highest BCUT2D eigenvalue weighted by atomic mass is 79.9. The molecule has 1 aromatic carbocycles. The first-order chi connectivity index (χ1) is 7.24. The zero-order valence-corrected chi connectivity index (χ0v) is 10.3. The van der Waals surface area contributed by atoms with E-state index >= 15 is 0 Å². The smallest absolute Gasteiger partial charge is 0.239 e. The summed E-state index contributed by atoms with van der Waals surface area (Å²) < 4.78 is 0.966. The Morgan fingerprint density at radius 2 is 2.13 bits per heavy atom. The molecule has 82 valence electrons. The van der Waals surface area contributed by atoms with E-state index in [0.717, 1.165) is 23.1 Å². The highest BCUT2D eigenvalue weighted by Crippen LogP contribution is 2.20. The van der Waals surface area contributed by atoms with Gasteiger partial charge in [0.05, 0.1) is 6.54 Å². The first-order valence-corrected chi connectivity index (χ1v) is 5.78. The van der Waals surface area contributed by atoms with Crippen LogP contribution in [0.4, 0.5) is 5.69 Å². The second-order valence-corrected chi connectivity index (χ2v) is 4.04. The number of halogens is 1. The Balaban J connectivity index is 2.37. The van der Waals surface area contributed by atoms with Crippen molar-refractivity contribution in [1.82, 2.24) is 5.32 Å². The fourth-order valence-electron chi connectivity index (χ4n) is 1.11. The monoisotopic (exact) mass is 270 g/mol. The quantitative estimate of drug-likeness (QED) is 0.863. The second-order valence-electron chi connectivity index (χ2n) is 3.18. The van der Waals surface area contributed by atoms with Crippen molar-refractivity contribution in [2.75, 3.05) is 18.4 Å². The standard InChI is InChI=1S/C11H15BrN2O/c1-2-7-13-11(15)8-14-10-6-4-3-5-9(10)12/h3-6,14H,2,7-8H2,1H3,(H,13,15). The molecule has 0 atom stereocenters. The molecule has 0 fully saturated rings. The van der Waals surface area contributed by atoms with Crippen molar-refractivity contribution in [2.24, 2.45) is 0 Å². The molecule has 0 aliphatic rings. The van der Waals surface area contributed by atoms with Crippen LogP contribution >= 0.6 is 15.9 Å². The van der Waals surface area contributed by atoms with Crippen LogP contribution in [0.2, 0.25) is 0 Å². The predicted octanol–water partition coefficient (Wildman–Crippen LogP) is 2.39. The molecule has 0 bridgehead atoms. The topological polar surface area (TPSA) is 41.1 Å². The normalized spacial score (nSPS) is 9.73. The SMILES string of the molecule is CCCNC(=O)CNc1ccccc1Br. The molecule has 1 aromatic rings. The van der Waals surface area contributed by atoms with E-state index in [9.17, 15) is 4.79 Å². The number of amides is 1. The molecular weight excluding hydrogens is 256 g/mol. The van der Waals surface area contributed by atoms with E-state index < -0.39 is 0 Å². The average molecular weight is 271 g/mol. The maximum atomic E-state index is 11.3. The number of rotatable bonds is 5. The Labute approximate surface area is 98.4 Å². The summed E-state index contributed by atoms with van der Waals surface area (Å²) in [5, 5.41) is 5.87. The van der Waals surface area contributed by atoms with Crippen molar-refractivity contribution in [3.8, 4) is 0 Å². The average Bonchev–Trinajstić information content (AvgIpc) is 2.25. The molecule has 0 saturated carbocycles. The van der Waals surface area contributed by atoms with Crippen LogP contribution in [0.15, 0.2) is 28.7 Å². The van der Waals surface area contributed by atoms with Crippen LogP contribution in [-0.2, 0) is 4.79 Å². The van der Waals surface area contributed by atoms with Gasteiger partial charge in [0.2, 0.25) is 5.91 Å². The third kappa shape index (κ3) is 4.34. The Morgan fingerprint density at radius 1 is 1.40 bits per heavy atom. The number of anilines is 1. The van der Waals surface area contributed by atoms with Gasteiger partial charge in [0, 0.05) is 16.7 Å². The molecule has 0 radical (unpaired) electrons. The van der Waals surface area contributed by atoms with Crippen LogP contribution in [0, 0.1) is 0 Å². The molecule has 15 heavy (non-hydrogen) atoms. The highest BCUT2D eigenvalue weighted by molar-refractivity contribution is 9.10. The summed E-state index contributed by atoms with van der Waals surface area (Å²) in [6.45, 7) is 3.07. The number of hydrogen-bond donors (Lipinski definition) is 2. The van der Waals surface area contributed by atoms with E-state index in [0.29, 0.717) is 6.54 Å². The molecule has 0 heterocycles. The fourth-order valence-corrected chi connectivity index (χ4v) is 1.53. The molecule has 0 aliphatic heterocycles. The van der Waals surface area contributed by atoms with E-state index in [2.05, 4.69) is 26.6 Å². The fraction of sp³-hybridized carbons (Fsp3) is 0.364. The number of carbonyl (C=O) groups is 1. The van der Waals surface area contributed by atoms with Gasteiger partial charge in [-0.15, -0.1) is 0 Å². The summed E-state index contributed by atoms with van der Waals surface area (Å²) in [5.41, 5.74) is 0.934. The summed E-state index contributed by atoms with van der Waals surface area (Å²) in [5.74, 6) is 0.0209. The van der Waals surface area contributed by atoms with Crippen molar-refractivity contribution >= 4 is 27.5 Å². The van der Waals surface area contributed by atoms with Gasteiger partial charge in [-0.05, 0) is 34.5 Å². The zero-order chi connectivity index (χ0) is 11.1. The van der Waals surface area contributed by atoms with Gasteiger partial charge in [-0.1, -0.05) is 19.1 Å². The van der Waals surface area contributed by atoms with E-state index in [1.54, 1.807) is 0 Å². The lowest BCUT2D eigenvalue weighted by atomic mass is 10.3. The van der Waals surface area contributed by atoms with Gasteiger partial charge < -0.3 is 10.6 Å². The van der Waals surface area contributed by atoms with E-state index in [1.807, 2.05) is 31.2 Å². The van der Waals surface area contributed by atoms with Crippen LogP contribution in [0.5, 0.6) is 0 Å². The maximum absolute atomic E-state index is 11.3. The molecule has 0 unspecified atom stereocenters. The molecule has 3 nitrogen and oxygen atoms in total. The third-order valence-electron chi connectivity index (χ3n) is 1.89. The van der Waals surface area contributed by atoms with Crippen LogP contribution in [0.1, 0.15) is 13.3 Å².